The van der Waals surface area contributed by atoms with E-state index in [4.69, 9.17) is 9.16 Å². The number of hydrogen-bond donors (Lipinski definition) is 0. The lowest BCUT2D eigenvalue weighted by molar-refractivity contribution is -0.143. The van der Waals surface area contributed by atoms with Crippen LogP contribution in [0.2, 0.25) is 18.1 Å². The molecule has 29 heavy (non-hydrogen) atoms. The molecule has 170 valence electrons. The minimum atomic E-state index is -1.71. The zero-order valence-corrected chi connectivity index (χ0v) is 21.6. The fourth-order valence-corrected chi connectivity index (χ4v) is 7.15. The van der Waals surface area contributed by atoms with E-state index in [0.29, 0.717) is 19.1 Å². The molecule has 2 rings (SSSR count). The van der Waals surface area contributed by atoms with E-state index >= 15 is 0 Å². The molecule has 0 amide bonds. The summed E-state index contributed by atoms with van der Waals surface area (Å²) in [5, 5.41) is 0.287. The quantitative estimate of drug-likeness (QED) is 0.223. The Morgan fingerprint density at radius 2 is 1.79 bits per heavy atom. The fourth-order valence-electron chi connectivity index (χ4n) is 5.75. The lowest BCUT2D eigenvalue weighted by Gasteiger charge is -2.47. The van der Waals surface area contributed by atoms with Crippen molar-refractivity contribution in [2.24, 2.45) is 29.6 Å². The Morgan fingerprint density at radius 1 is 1.10 bits per heavy atom. The van der Waals surface area contributed by atoms with E-state index in [1.54, 1.807) is 0 Å². The van der Waals surface area contributed by atoms with Crippen LogP contribution in [0.4, 0.5) is 0 Å². The molecule has 4 heteroatoms. The maximum Gasteiger partial charge on any atom is 0.305 e. The molecule has 6 atom stereocenters. The number of rotatable bonds is 9. The van der Waals surface area contributed by atoms with Crippen molar-refractivity contribution < 1.29 is 14.0 Å². The van der Waals surface area contributed by atoms with Crippen molar-refractivity contribution in [3.05, 3.63) is 0 Å². The number of ether oxygens (including phenoxy) is 1. The molecular formula is C25H48O3Si. The van der Waals surface area contributed by atoms with Gasteiger partial charge in [-0.15, -0.1) is 0 Å². The maximum absolute atomic E-state index is 11.6. The van der Waals surface area contributed by atoms with Gasteiger partial charge in [0.1, 0.15) is 0 Å². The van der Waals surface area contributed by atoms with Crippen LogP contribution in [0, 0.1) is 29.6 Å². The van der Waals surface area contributed by atoms with Crippen LogP contribution >= 0.6 is 0 Å². The summed E-state index contributed by atoms with van der Waals surface area (Å²) in [5.74, 6) is 3.98. The first-order chi connectivity index (χ1) is 13.5. The molecule has 0 aromatic heterocycles. The Balaban J connectivity index is 1.92. The van der Waals surface area contributed by atoms with Gasteiger partial charge in [0.25, 0.3) is 0 Å². The molecule has 0 aromatic rings. The van der Waals surface area contributed by atoms with Gasteiger partial charge in [0.05, 0.1) is 6.61 Å². The second kappa shape index (κ2) is 10.3. The predicted octanol–water partition coefficient (Wildman–Crippen LogP) is 7.21. The molecule has 0 bridgehead atoms. The van der Waals surface area contributed by atoms with Gasteiger partial charge in [0, 0.05) is 12.5 Å². The van der Waals surface area contributed by atoms with Gasteiger partial charge in [-0.3, -0.25) is 4.79 Å². The Labute approximate surface area is 181 Å². The molecule has 3 nitrogen and oxygen atoms in total. The molecule has 2 unspecified atom stereocenters. The highest BCUT2D eigenvalue weighted by atomic mass is 28.4. The van der Waals surface area contributed by atoms with Gasteiger partial charge in [-0.25, -0.2) is 0 Å². The van der Waals surface area contributed by atoms with Crippen LogP contribution in [0.15, 0.2) is 0 Å². The molecule has 2 fully saturated rings. The summed E-state index contributed by atoms with van der Waals surface area (Å²) in [6.45, 7) is 19.2. The molecule has 0 aromatic carbocycles. The van der Waals surface area contributed by atoms with Crippen molar-refractivity contribution in [1.29, 1.82) is 0 Å². The normalized spacial score (nSPS) is 31.4. The number of hydrogen-bond acceptors (Lipinski definition) is 3. The largest absolute Gasteiger partial charge is 0.466 e. The van der Waals surface area contributed by atoms with E-state index in [9.17, 15) is 4.79 Å². The third kappa shape index (κ3) is 6.32. The average Bonchev–Trinajstić information content (AvgIpc) is 3.06. The minimum absolute atomic E-state index is 0.0346. The highest BCUT2D eigenvalue weighted by molar-refractivity contribution is 6.74. The summed E-state index contributed by atoms with van der Waals surface area (Å²) in [4.78, 5) is 11.6. The van der Waals surface area contributed by atoms with Crippen molar-refractivity contribution in [3.8, 4) is 0 Å². The summed E-state index contributed by atoms with van der Waals surface area (Å²) >= 11 is 0. The zero-order valence-electron chi connectivity index (χ0n) is 20.6. The second-order valence-electron chi connectivity index (χ2n) is 11.5. The van der Waals surface area contributed by atoms with Gasteiger partial charge in [0.2, 0.25) is 0 Å². The van der Waals surface area contributed by atoms with Gasteiger partial charge < -0.3 is 9.16 Å². The summed E-state index contributed by atoms with van der Waals surface area (Å²) in [6, 6.07) is 0. The molecular weight excluding hydrogens is 376 g/mol. The molecule has 2 saturated carbocycles. The number of fused-ring (bicyclic) bond motifs is 1. The molecule has 0 aliphatic heterocycles. The smallest absolute Gasteiger partial charge is 0.305 e. The molecule has 2 aliphatic rings. The van der Waals surface area contributed by atoms with Crippen LogP contribution in [-0.4, -0.2) is 27.0 Å². The van der Waals surface area contributed by atoms with Crippen LogP contribution in [0.1, 0.15) is 92.9 Å². The van der Waals surface area contributed by atoms with E-state index in [-0.39, 0.29) is 11.0 Å². The van der Waals surface area contributed by atoms with Crippen molar-refractivity contribution >= 4 is 14.3 Å². The number of unbranched alkanes of at least 4 members (excludes halogenated alkanes) is 1. The summed E-state index contributed by atoms with van der Waals surface area (Å²) in [7, 11) is -1.71. The van der Waals surface area contributed by atoms with E-state index in [0.717, 1.165) is 42.4 Å². The topological polar surface area (TPSA) is 35.5 Å². The van der Waals surface area contributed by atoms with Crippen LogP contribution in [-0.2, 0) is 14.0 Å². The Morgan fingerprint density at radius 3 is 2.41 bits per heavy atom. The highest BCUT2D eigenvalue weighted by Gasteiger charge is 2.50. The SMILES string of the molecule is CCOC(=O)CCCC[C@@H](C)[C@H]1CC[C@H]2C(O[Si](C)(C)C(C)(C)C)CCC(C)[C@H]12. The number of esters is 1. The van der Waals surface area contributed by atoms with Crippen LogP contribution in [0.5, 0.6) is 0 Å². The Kier molecular flexibility index (Phi) is 8.85. The van der Waals surface area contributed by atoms with Crippen LogP contribution in [0.25, 0.3) is 0 Å². The van der Waals surface area contributed by atoms with Crippen molar-refractivity contribution in [2.75, 3.05) is 6.61 Å². The molecule has 0 radical (unpaired) electrons. The standard InChI is InChI=1S/C25H48O3Si/c1-9-27-23(26)13-11-10-12-18(2)20-15-16-21-22(17-14-19(3)24(20)21)28-29(7,8)25(4,5)6/h18-22,24H,9-17H2,1-8H3/t18-,19?,20-,21+,22?,24-/m1/s1. The van der Waals surface area contributed by atoms with E-state index in [1.807, 2.05) is 6.92 Å². The third-order valence-electron chi connectivity index (χ3n) is 8.44. The van der Waals surface area contributed by atoms with E-state index in [1.165, 1.54) is 32.1 Å². The van der Waals surface area contributed by atoms with Gasteiger partial charge >= 0.3 is 5.97 Å². The number of carbonyl (C=O) groups excluding carboxylic acids is 1. The maximum atomic E-state index is 11.6. The lowest BCUT2D eigenvalue weighted by Crippen LogP contribution is -2.48. The molecule has 0 N–H and O–H groups in total. The zero-order chi connectivity index (χ0) is 21.8. The van der Waals surface area contributed by atoms with Crippen molar-refractivity contribution in [1.82, 2.24) is 0 Å². The Bertz CT molecular complexity index is 525. The summed E-state index contributed by atoms with van der Waals surface area (Å²) in [5.41, 5.74) is 0. The van der Waals surface area contributed by atoms with Gasteiger partial charge in [-0.2, -0.15) is 0 Å². The first-order valence-corrected chi connectivity index (χ1v) is 15.2. The van der Waals surface area contributed by atoms with Gasteiger partial charge in [-0.1, -0.05) is 47.5 Å². The minimum Gasteiger partial charge on any atom is -0.466 e. The van der Waals surface area contributed by atoms with Crippen LogP contribution < -0.4 is 0 Å². The molecule has 0 saturated heterocycles. The fraction of sp³-hybridized carbons (Fsp3) is 0.960. The van der Waals surface area contributed by atoms with E-state index in [2.05, 4.69) is 47.7 Å². The van der Waals surface area contributed by atoms with Gasteiger partial charge in [-0.05, 0) is 86.7 Å². The predicted molar refractivity (Wildman–Crippen MR) is 124 cm³/mol. The average molecular weight is 425 g/mol. The molecule has 0 heterocycles. The monoisotopic (exact) mass is 424 g/mol. The van der Waals surface area contributed by atoms with Crippen LogP contribution in [0.3, 0.4) is 0 Å². The molecule has 0 spiro atoms. The van der Waals surface area contributed by atoms with Crippen molar-refractivity contribution in [2.45, 2.75) is 117 Å². The van der Waals surface area contributed by atoms with Gasteiger partial charge in [0.15, 0.2) is 8.32 Å². The van der Waals surface area contributed by atoms with Crippen molar-refractivity contribution in [3.63, 3.8) is 0 Å². The highest BCUT2D eigenvalue weighted by Crippen LogP contribution is 2.53. The lowest BCUT2D eigenvalue weighted by atomic mass is 9.67. The Hall–Kier alpha value is -0.353. The molecule has 2 aliphatic carbocycles. The summed E-state index contributed by atoms with van der Waals surface area (Å²) < 4.78 is 12.0. The first kappa shape index (κ1) is 24.9. The summed E-state index contributed by atoms with van der Waals surface area (Å²) in [6.07, 6.45) is 9.73. The first-order valence-electron chi connectivity index (χ1n) is 12.3. The third-order valence-corrected chi connectivity index (χ3v) is 12.9. The second-order valence-corrected chi connectivity index (χ2v) is 16.2. The van der Waals surface area contributed by atoms with E-state index < -0.39 is 8.32 Å². The number of carbonyl (C=O) groups is 1.